The van der Waals surface area contributed by atoms with Gasteiger partial charge < -0.3 is 5.11 Å². The molecule has 0 aliphatic rings. The molecule has 2 aromatic carbocycles. The highest BCUT2D eigenvalue weighted by atomic mass is 32.2. The SMILES string of the molecule is O=S(=O)(NN=Cc1cccc(O)c1)c1ccccc1. The highest BCUT2D eigenvalue weighted by molar-refractivity contribution is 7.89. The number of hydrogen-bond acceptors (Lipinski definition) is 4. The van der Waals surface area contributed by atoms with E-state index in [1.54, 1.807) is 30.3 Å². The molecule has 0 aliphatic carbocycles. The Balaban J connectivity index is 2.10. The van der Waals surface area contributed by atoms with Crippen LogP contribution in [0.25, 0.3) is 0 Å². The first-order valence-corrected chi connectivity index (χ1v) is 6.95. The molecule has 0 atom stereocenters. The van der Waals surface area contributed by atoms with E-state index in [2.05, 4.69) is 9.93 Å². The number of nitrogens with zero attached hydrogens (tertiary/aromatic N) is 1. The molecule has 0 bridgehead atoms. The summed E-state index contributed by atoms with van der Waals surface area (Å²) < 4.78 is 23.6. The smallest absolute Gasteiger partial charge is 0.276 e. The summed E-state index contributed by atoms with van der Waals surface area (Å²) in [6.07, 6.45) is 1.32. The van der Waals surface area contributed by atoms with Gasteiger partial charge in [0.2, 0.25) is 0 Å². The van der Waals surface area contributed by atoms with Gasteiger partial charge in [0.25, 0.3) is 10.0 Å². The van der Waals surface area contributed by atoms with Crippen molar-refractivity contribution < 1.29 is 13.5 Å². The standard InChI is InChI=1S/C13H12N2O3S/c16-12-6-4-5-11(9-12)10-14-15-19(17,18)13-7-2-1-3-8-13/h1-10,15-16H. The van der Waals surface area contributed by atoms with Crippen LogP contribution in [0.15, 0.2) is 64.6 Å². The maximum absolute atomic E-state index is 11.8. The molecule has 0 radical (unpaired) electrons. The highest BCUT2D eigenvalue weighted by Gasteiger charge is 2.10. The Hall–Kier alpha value is -2.34. The van der Waals surface area contributed by atoms with E-state index in [-0.39, 0.29) is 10.6 Å². The largest absolute Gasteiger partial charge is 0.508 e. The number of sulfonamides is 1. The van der Waals surface area contributed by atoms with Crippen molar-refractivity contribution in [2.45, 2.75) is 4.90 Å². The van der Waals surface area contributed by atoms with Gasteiger partial charge in [0.1, 0.15) is 5.75 Å². The molecular formula is C13H12N2O3S. The topological polar surface area (TPSA) is 78.8 Å². The van der Waals surface area contributed by atoms with Gasteiger partial charge in [-0.25, -0.2) is 4.83 Å². The number of hydrogen-bond donors (Lipinski definition) is 2. The van der Waals surface area contributed by atoms with Crippen molar-refractivity contribution in [1.29, 1.82) is 0 Å². The molecule has 2 rings (SSSR count). The van der Waals surface area contributed by atoms with E-state index in [1.807, 2.05) is 0 Å². The van der Waals surface area contributed by atoms with Crippen LogP contribution in [0.4, 0.5) is 0 Å². The van der Waals surface area contributed by atoms with Crippen LogP contribution in [0.3, 0.4) is 0 Å². The summed E-state index contributed by atoms with van der Waals surface area (Å²) in [5, 5.41) is 12.9. The summed E-state index contributed by atoms with van der Waals surface area (Å²) in [6, 6.07) is 14.3. The van der Waals surface area contributed by atoms with Gasteiger partial charge >= 0.3 is 0 Å². The molecule has 0 saturated carbocycles. The molecule has 2 aromatic rings. The zero-order valence-corrected chi connectivity index (χ0v) is 10.7. The number of hydrazone groups is 1. The van der Waals surface area contributed by atoms with Gasteiger partial charge in [-0.3, -0.25) is 0 Å². The Bertz CT molecular complexity index is 682. The quantitative estimate of drug-likeness (QED) is 0.659. The third-order valence-corrected chi connectivity index (χ3v) is 3.55. The molecule has 0 saturated heterocycles. The molecule has 0 aromatic heterocycles. The highest BCUT2D eigenvalue weighted by Crippen LogP contribution is 2.09. The third kappa shape index (κ3) is 3.56. The van der Waals surface area contributed by atoms with E-state index >= 15 is 0 Å². The molecule has 6 heteroatoms. The van der Waals surface area contributed by atoms with Gasteiger partial charge in [0.15, 0.2) is 0 Å². The molecule has 0 fully saturated rings. The lowest BCUT2D eigenvalue weighted by Crippen LogP contribution is -2.18. The van der Waals surface area contributed by atoms with Crippen molar-refractivity contribution in [2.24, 2.45) is 5.10 Å². The number of phenolic OH excluding ortho intramolecular Hbond substituents is 1. The van der Waals surface area contributed by atoms with Gasteiger partial charge in [-0.05, 0) is 29.8 Å². The number of aromatic hydroxyl groups is 1. The maximum atomic E-state index is 11.8. The average molecular weight is 276 g/mol. The Labute approximate surface area is 111 Å². The lowest BCUT2D eigenvalue weighted by Gasteiger charge is -2.02. The Kier molecular flexibility index (Phi) is 3.82. The average Bonchev–Trinajstić information content (AvgIpc) is 2.40. The summed E-state index contributed by atoms with van der Waals surface area (Å²) in [4.78, 5) is 2.24. The number of benzene rings is 2. The number of phenols is 1. The first-order chi connectivity index (χ1) is 9.08. The maximum Gasteiger partial charge on any atom is 0.276 e. The fraction of sp³-hybridized carbons (Fsp3) is 0. The number of rotatable bonds is 4. The molecule has 0 aliphatic heterocycles. The molecule has 5 nitrogen and oxygen atoms in total. The summed E-state index contributed by atoms with van der Waals surface area (Å²) >= 11 is 0. The van der Waals surface area contributed by atoms with Gasteiger partial charge in [-0.15, -0.1) is 0 Å². The van der Waals surface area contributed by atoms with E-state index in [4.69, 9.17) is 0 Å². The lowest BCUT2D eigenvalue weighted by molar-refractivity contribution is 0.475. The predicted octanol–water partition coefficient (Wildman–Crippen LogP) is 1.70. The van der Waals surface area contributed by atoms with E-state index in [0.717, 1.165) is 0 Å². The van der Waals surface area contributed by atoms with Crippen LogP contribution in [0.1, 0.15) is 5.56 Å². The number of nitrogens with one attached hydrogen (secondary N) is 1. The molecule has 0 amide bonds. The van der Waals surface area contributed by atoms with Crippen molar-refractivity contribution in [3.05, 3.63) is 60.2 Å². The first-order valence-electron chi connectivity index (χ1n) is 5.47. The molecule has 0 unspecified atom stereocenters. The van der Waals surface area contributed by atoms with Crippen LogP contribution >= 0.6 is 0 Å². The fourth-order valence-electron chi connectivity index (χ4n) is 1.43. The minimum Gasteiger partial charge on any atom is -0.508 e. The van der Waals surface area contributed by atoms with Crippen molar-refractivity contribution in [3.63, 3.8) is 0 Å². The van der Waals surface area contributed by atoms with Crippen LogP contribution in [-0.2, 0) is 10.0 Å². The van der Waals surface area contributed by atoms with Crippen LogP contribution in [0.2, 0.25) is 0 Å². The molecular weight excluding hydrogens is 264 g/mol. The van der Waals surface area contributed by atoms with E-state index in [9.17, 15) is 13.5 Å². The van der Waals surface area contributed by atoms with Crippen LogP contribution in [0.5, 0.6) is 5.75 Å². The molecule has 0 spiro atoms. The second-order valence-corrected chi connectivity index (χ2v) is 5.42. The minimum absolute atomic E-state index is 0.0925. The monoisotopic (exact) mass is 276 g/mol. The van der Waals surface area contributed by atoms with Crippen molar-refractivity contribution in [2.75, 3.05) is 0 Å². The third-order valence-electron chi connectivity index (χ3n) is 2.31. The van der Waals surface area contributed by atoms with Crippen molar-refractivity contribution in [3.8, 4) is 5.75 Å². The summed E-state index contributed by atoms with van der Waals surface area (Å²) in [6.45, 7) is 0. The van der Waals surface area contributed by atoms with Crippen molar-refractivity contribution >= 4 is 16.2 Å². The fourth-order valence-corrected chi connectivity index (χ4v) is 2.24. The van der Waals surface area contributed by atoms with E-state index in [1.165, 1.54) is 30.5 Å². The molecule has 19 heavy (non-hydrogen) atoms. The Morgan fingerprint density at radius 1 is 1.05 bits per heavy atom. The van der Waals surface area contributed by atoms with Gasteiger partial charge in [-0.1, -0.05) is 30.3 Å². The van der Waals surface area contributed by atoms with Gasteiger partial charge in [0, 0.05) is 0 Å². The van der Waals surface area contributed by atoms with Gasteiger partial charge in [0.05, 0.1) is 11.1 Å². The second-order valence-electron chi connectivity index (χ2n) is 3.76. The minimum atomic E-state index is -3.65. The zero-order chi connectivity index (χ0) is 13.7. The van der Waals surface area contributed by atoms with Crippen LogP contribution in [0, 0.1) is 0 Å². The lowest BCUT2D eigenvalue weighted by atomic mass is 10.2. The molecule has 98 valence electrons. The van der Waals surface area contributed by atoms with Gasteiger partial charge in [-0.2, -0.15) is 13.5 Å². The molecule has 2 N–H and O–H groups in total. The van der Waals surface area contributed by atoms with Crippen LogP contribution < -0.4 is 4.83 Å². The van der Waals surface area contributed by atoms with E-state index < -0.39 is 10.0 Å². The first kappa shape index (κ1) is 13.1. The van der Waals surface area contributed by atoms with Crippen LogP contribution in [-0.4, -0.2) is 19.7 Å². The zero-order valence-electron chi connectivity index (χ0n) is 9.89. The van der Waals surface area contributed by atoms with E-state index in [0.29, 0.717) is 5.56 Å². The Morgan fingerprint density at radius 3 is 2.47 bits per heavy atom. The predicted molar refractivity (Wildman–Crippen MR) is 72.5 cm³/mol. The summed E-state index contributed by atoms with van der Waals surface area (Å²) in [5.74, 6) is 0.0925. The van der Waals surface area contributed by atoms with Crippen molar-refractivity contribution in [1.82, 2.24) is 4.83 Å². The summed E-state index contributed by atoms with van der Waals surface area (Å²) in [7, 11) is -3.65. The molecule has 0 heterocycles. The Morgan fingerprint density at radius 2 is 1.79 bits per heavy atom. The summed E-state index contributed by atoms with van der Waals surface area (Å²) in [5.41, 5.74) is 0.593. The second kappa shape index (κ2) is 5.53. The normalized spacial score (nSPS) is 11.6.